The van der Waals surface area contributed by atoms with Crippen LogP contribution in [0.25, 0.3) is 0 Å². The van der Waals surface area contributed by atoms with Gasteiger partial charge in [0.25, 0.3) is 0 Å². The number of nitrogens with zero attached hydrogens (tertiary/aromatic N) is 1. The maximum Gasteiger partial charge on any atom is 0.128 e. The van der Waals surface area contributed by atoms with Crippen molar-refractivity contribution in [2.24, 2.45) is 11.7 Å². The van der Waals surface area contributed by atoms with Crippen LogP contribution in [-0.4, -0.2) is 19.6 Å². The molecular weight excluding hydrogens is 227 g/mol. The quantitative estimate of drug-likeness (QED) is 0.807. The number of benzene rings is 1. The third-order valence-electron chi connectivity index (χ3n) is 3.44. The first-order valence-electron chi connectivity index (χ1n) is 6.86. The molecule has 0 radical (unpaired) electrons. The van der Waals surface area contributed by atoms with Crippen LogP contribution in [0.4, 0.5) is 10.1 Å². The minimum absolute atomic E-state index is 0.138. The third kappa shape index (κ3) is 3.70. The monoisotopic (exact) mass is 252 g/mol. The number of hydrogen-bond acceptors (Lipinski definition) is 2. The molecule has 2 N–H and O–H groups in total. The average molecular weight is 252 g/mol. The van der Waals surface area contributed by atoms with Crippen LogP contribution in [-0.2, 0) is 6.42 Å². The first kappa shape index (κ1) is 15.0. The molecule has 1 rings (SSSR count). The predicted octanol–water partition coefficient (Wildman–Crippen LogP) is 3.20. The van der Waals surface area contributed by atoms with Gasteiger partial charge in [-0.15, -0.1) is 0 Å². The third-order valence-corrected chi connectivity index (χ3v) is 3.44. The molecule has 0 aliphatic heterocycles. The summed E-state index contributed by atoms with van der Waals surface area (Å²) < 4.78 is 13.9. The van der Waals surface area contributed by atoms with Crippen LogP contribution in [0.5, 0.6) is 0 Å². The van der Waals surface area contributed by atoms with Crippen molar-refractivity contribution in [2.45, 2.75) is 33.6 Å². The molecule has 0 aromatic heterocycles. The SMILES string of the molecule is CCC(C)CN(CC)c1cccc(F)c1CCN. The lowest BCUT2D eigenvalue weighted by molar-refractivity contribution is 0.544. The van der Waals surface area contributed by atoms with Gasteiger partial charge in [0, 0.05) is 24.3 Å². The summed E-state index contributed by atoms with van der Waals surface area (Å²) >= 11 is 0. The van der Waals surface area contributed by atoms with Crippen molar-refractivity contribution in [3.8, 4) is 0 Å². The van der Waals surface area contributed by atoms with Gasteiger partial charge in [0.2, 0.25) is 0 Å². The molecule has 1 atom stereocenters. The molecule has 0 spiro atoms. The fraction of sp³-hybridized carbons (Fsp3) is 0.600. The highest BCUT2D eigenvalue weighted by Gasteiger charge is 2.14. The van der Waals surface area contributed by atoms with Crippen LogP contribution in [0, 0.1) is 11.7 Å². The first-order chi connectivity index (χ1) is 8.63. The summed E-state index contributed by atoms with van der Waals surface area (Å²) in [7, 11) is 0. The van der Waals surface area contributed by atoms with Crippen LogP contribution in [0.2, 0.25) is 0 Å². The second-order valence-electron chi connectivity index (χ2n) is 4.83. The van der Waals surface area contributed by atoms with Crippen molar-refractivity contribution in [3.05, 3.63) is 29.6 Å². The van der Waals surface area contributed by atoms with Gasteiger partial charge in [-0.2, -0.15) is 0 Å². The van der Waals surface area contributed by atoms with Gasteiger partial charge in [-0.3, -0.25) is 0 Å². The standard InChI is InChI=1S/C15H25FN2/c1-4-12(3)11-18(5-2)15-8-6-7-14(16)13(15)9-10-17/h6-8,12H,4-5,9-11,17H2,1-3H3. The highest BCUT2D eigenvalue weighted by atomic mass is 19.1. The molecule has 1 aromatic rings. The van der Waals surface area contributed by atoms with Crippen LogP contribution in [0.3, 0.4) is 0 Å². The van der Waals surface area contributed by atoms with Crippen molar-refractivity contribution in [1.82, 2.24) is 0 Å². The lowest BCUT2D eigenvalue weighted by atomic mass is 10.0. The van der Waals surface area contributed by atoms with Crippen LogP contribution >= 0.6 is 0 Å². The molecule has 0 bridgehead atoms. The van der Waals surface area contributed by atoms with Crippen molar-refractivity contribution in [2.75, 3.05) is 24.5 Å². The summed E-state index contributed by atoms with van der Waals surface area (Å²) in [5.41, 5.74) is 7.34. The molecule has 3 heteroatoms. The second kappa shape index (κ2) is 7.37. The molecule has 0 fully saturated rings. The highest BCUT2D eigenvalue weighted by Crippen LogP contribution is 2.24. The lowest BCUT2D eigenvalue weighted by Crippen LogP contribution is -2.29. The van der Waals surface area contributed by atoms with Crippen LogP contribution < -0.4 is 10.6 Å². The lowest BCUT2D eigenvalue weighted by Gasteiger charge is -2.28. The van der Waals surface area contributed by atoms with Gasteiger partial charge in [0.1, 0.15) is 5.82 Å². The van der Waals surface area contributed by atoms with Gasteiger partial charge in [0.05, 0.1) is 0 Å². The minimum atomic E-state index is -0.138. The largest absolute Gasteiger partial charge is 0.371 e. The van der Waals surface area contributed by atoms with E-state index in [1.807, 2.05) is 6.07 Å². The Hall–Kier alpha value is -1.09. The van der Waals surface area contributed by atoms with E-state index in [2.05, 4.69) is 25.7 Å². The van der Waals surface area contributed by atoms with E-state index < -0.39 is 0 Å². The summed E-state index contributed by atoms with van der Waals surface area (Å²) in [5.74, 6) is 0.472. The summed E-state index contributed by atoms with van der Waals surface area (Å²) in [4.78, 5) is 2.25. The Labute approximate surface area is 110 Å². The van der Waals surface area contributed by atoms with Gasteiger partial charge >= 0.3 is 0 Å². The topological polar surface area (TPSA) is 29.3 Å². The predicted molar refractivity (Wildman–Crippen MR) is 76.5 cm³/mol. The van der Waals surface area contributed by atoms with Crippen LogP contribution in [0.15, 0.2) is 18.2 Å². The molecule has 102 valence electrons. The molecule has 0 saturated carbocycles. The maximum atomic E-state index is 13.9. The second-order valence-corrected chi connectivity index (χ2v) is 4.83. The first-order valence-corrected chi connectivity index (χ1v) is 6.86. The smallest absolute Gasteiger partial charge is 0.128 e. The summed E-state index contributed by atoms with van der Waals surface area (Å²) in [6, 6.07) is 5.30. The molecule has 0 saturated heterocycles. The number of hydrogen-bond donors (Lipinski definition) is 1. The van der Waals surface area contributed by atoms with Gasteiger partial charge in [0.15, 0.2) is 0 Å². The molecule has 1 unspecified atom stereocenters. The van der Waals surface area contributed by atoms with E-state index in [9.17, 15) is 4.39 Å². The number of halogens is 1. The molecule has 2 nitrogen and oxygen atoms in total. The van der Waals surface area contributed by atoms with Crippen molar-refractivity contribution in [3.63, 3.8) is 0 Å². The van der Waals surface area contributed by atoms with E-state index in [0.717, 1.165) is 30.8 Å². The van der Waals surface area contributed by atoms with Crippen molar-refractivity contribution in [1.29, 1.82) is 0 Å². The summed E-state index contributed by atoms with van der Waals surface area (Å²) in [5, 5.41) is 0. The van der Waals surface area contributed by atoms with E-state index in [1.165, 1.54) is 6.07 Å². The van der Waals surface area contributed by atoms with Gasteiger partial charge < -0.3 is 10.6 Å². The highest BCUT2D eigenvalue weighted by molar-refractivity contribution is 5.54. The zero-order valence-corrected chi connectivity index (χ0v) is 11.7. The van der Waals surface area contributed by atoms with Crippen molar-refractivity contribution >= 4 is 5.69 Å². The van der Waals surface area contributed by atoms with E-state index in [0.29, 0.717) is 18.9 Å². The van der Waals surface area contributed by atoms with E-state index in [4.69, 9.17) is 5.73 Å². The van der Waals surface area contributed by atoms with Gasteiger partial charge in [-0.1, -0.05) is 26.3 Å². The number of nitrogens with two attached hydrogens (primary N) is 1. The number of anilines is 1. The molecule has 0 amide bonds. The Balaban J connectivity index is 3.00. The average Bonchev–Trinajstić information content (AvgIpc) is 2.38. The minimum Gasteiger partial charge on any atom is -0.371 e. The normalized spacial score (nSPS) is 12.5. The molecule has 0 aliphatic rings. The fourth-order valence-electron chi connectivity index (χ4n) is 2.14. The Morgan fingerprint density at radius 2 is 2.06 bits per heavy atom. The fourth-order valence-corrected chi connectivity index (χ4v) is 2.14. The van der Waals surface area contributed by atoms with E-state index >= 15 is 0 Å². The van der Waals surface area contributed by atoms with Crippen molar-refractivity contribution < 1.29 is 4.39 Å². The molecule has 18 heavy (non-hydrogen) atoms. The van der Waals surface area contributed by atoms with E-state index in [1.54, 1.807) is 6.07 Å². The molecule has 1 aromatic carbocycles. The zero-order valence-electron chi connectivity index (χ0n) is 11.7. The Morgan fingerprint density at radius 3 is 2.61 bits per heavy atom. The molecular formula is C15H25FN2. The van der Waals surface area contributed by atoms with Gasteiger partial charge in [-0.25, -0.2) is 4.39 Å². The Morgan fingerprint density at radius 1 is 1.33 bits per heavy atom. The zero-order chi connectivity index (χ0) is 13.5. The maximum absolute atomic E-state index is 13.9. The molecule has 0 aliphatic carbocycles. The number of rotatable bonds is 7. The van der Waals surface area contributed by atoms with Gasteiger partial charge in [-0.05, 0) is 37.9 Å². The Bertz CT molecular complexity index is 366. The summed E-state index contributed by atoms with van der Waals surface area (Å²) in [6.45, 7) is 8.86. The van der Waals surface area contributed by atoms with E-state index in [-0.39, 0.29) is 5.82 Å². The molecule has 0 heterocycles. The Kier molecular flexibility index (Phi) is 6.13. The van der Waals surface area contributed by atoms with Crippen LogP contribution in [0.1, 0.15) is 32.8 Å². The summed E-state index contributed by atoms with van der Waals surface area (Å²) in [6.07, 6.45) is 1.73.